The monoisotopic (exact) mass is 592 g/mol. The van der Waals surface area contributed by atoms with E-state index in [-0.39, 0.29) is 44.7 Å². The van der Waals surface area contributed by atoms with Crippen LogP contribution in [0, 0.1) is 11.3 Å². The normalized spacial score (nSPS) is 23.1. The molecule has 0 aromatic heterocycles. The number of hydrogen-bond donors (Lipinski definition) is 1. The highest BCUT2D eigenvalue weighted by Gasteiger charge is 2.53. The van der Waals surface area contributed by atoms with Crippen LogP contribution in [-0.4, -0.2) is 60.3 Å². The number of alkyl carbamates (subject to hydrolysis) is 1. The van der Waals surface area contributed by atoms with Crippen molar-refractivity contribution >= 4 is 25.1 Å². The van der Waals surface area contributed by atoms with Crippen molar-refractivity contribution in [1.82, 2.24) is 10.2 Å². The smallest absolute Gasteiger partial charge is 0.457 e. The number of hydrogen-bond acceptors (Lipinski definition) is 7. The maximum Gasteiger partial charge on any atom is 0.457 e. The first-order chi connectivity index (χ1) is 20.3. The number of nitrogens with zero attached hydrogens (tertiary/aromatic N) is 1. The van der Waals surface area contributed by atoms with Crippen LogP contribution in [0.5, 0.6) is 0 Å². The second-order valence-electron chi connectivity index (χ2n) is 12.9. The highest BCUT2D eigenvalue weighted by Crippen LogP contribution is 2.42. The minimum absolute atomic E-state index is 0.105. The minimum Gasteiger partial charge on any atom is -0.460 e. The number of nitrogens with one attached hydrogen (secondary N) is 1. The van der Waals surface area contributed by atoms with Crippen molar-refractivity contribution in [2.75, 3.05) is 13.1 Å². The average molecular weight is 593 g/mol. The first kappa shape index (κ1) is 32.5. The van der Waals surface area contributed by atoms with Gasteiger partial charge in [0.2, 0.25) is 5.91 Å². The number of rotatable bonds is 11. The van der Waals surface area contributed by atoms with Gasteiger partial charge in [-0.15, -0.1) is 0 Å². The zero-order chi connectivity index (χ0) is 31.3. The summed E-state index contributed by atoms with van der Waals surface area (Å²) in [6.45, 7) is 12.5. The number of benzene rings is 2. The quantitative estimate of drug-likeness (QED) is 0.276. The van der Waals surface area contributed by atoms with E-state index in [1.807, 2.05) is 95.3 Å². The van der Waals surface area contributed by atoms with E-state index < -0.39 is 28.8 Å². The van der Waals surface area contributed by atoms with Crippen LogP contribution in [0.15, 0.2) is 60.7 Å². The number of carbonyl (C=O) groups excluding carboxylic acids is 3. The maximum absolute atomic E-state index is 13.6. The van der Waals surface area contributed by atoms with E-state index in [0.717, 1.165) is 17.5 Å². The zero-order valence-corrected chi connectivity index (χ0v) is 26.3. The molecule has 3 atom stereocenters. The molecular formula is C33H45BN2O7. The lowest BCUT2D eigenvalue weighted by atomic mass is 9.74. The summed E-state index contributed by atoms with van der Waals surface area (Å²) in [6, 6.07) is 18.0. The summed E-state index contributed by atoms with van der Waals surface area (Å²) in [5.41, 5.74) is 0.0254. The van der Waals surface area contributed by atoms with Gasteiger partial charge in [-0.2, -0.15) is 0 Å². The lowest BCUT2D eigenvalue weighted by molar-refractivity contribution is -0.158. The fourth-order valence-corrected chi connectivity index (χ4v) is 5.65. The van der Waals surface area contributed by atoms with Gasteiger partial charge in [0.15, 0.2) is 0 Å². The molecule has 43 heavy (non-hydrogen) atoms. The molecule has 0 aliphatic carbocycles. The SMILES string of the molecule is C[C@H](NC(=O)OCc1ccccc1)C(=O)N1C[C@H](CCCB2OC(C)(C)C(C)(C)O2)[C@](C)(C(=O)OCc2ccccc2)C1. The summed E-state index contributed by atoms with van der Waals surface area (Å²) in [7, 11) is -0.327. The molecule has 0 spiro atoms. The van der Waals surface area contributed by atoms with Crippen LogP contribution in [0.1, 0.15) is 65.5 Å². The van der Waals surface area contributed by atoms with Crippen molar-refractivity contribution in [1.29, 1.82) is 0 Å². The first-order valence-electron chi connectivity index (χ1n) is 15.1. The Labute approximate surface area is 255 Å². The molecule has 2 aliphatic heterocycles. The van der Waals surface area contributed by atoms with Crippen LogP contribution in [0.2, 0.25) is 6.32 Å². The molecule has 2 fully saturated rings. The third-order valence-corrected chi connectivity index (χ3v) is 9.06. The Morgan fingerprint density at radius 1 is 0.907 bits per heavy atom. The summed E-state index contributed by atoms with van der Waals surface area (Å²) in [5.74, 6) is -0.748. The molecule has 232 valence electrons. The van der Waals surface area contributed by atoms with Crippen LogP contribution < -0.4 is 5.32 Å². The highest BCUT2D eigenvalue weighted by molar-refractivity contribution is 6.45. The van der Waals surface area contributed by atoms with Crippen molar-refractivity contribution < 1.29 is 33.2 Å². The van der Waals surface area contributed by atoms with E-state index in [4.69, 9.17) is 18.8 Å². The van der Waals surface area contributed by atoms with Gasteiger partial charge in [-0.05, 0) is 71.3 Å². The number of esters is 1. The van der Waals surface area contributed by atoms with Crippen LogP contribution in [0.25, 0.3) is 0 Å². The fraction of sp³-hybridized carbons (Fsp3) is 0.545. The highest BCUT2D eigenvalue weighted by atomic mass is 16.7. The van der Waals surface area contributed by atoms with Crippen molar-refractivity contribution in [2.45, 2.75) is 91.2 Å². The molecule has 0 saturated carbocycles. The summed E-state index contributed by atoms with van der Waals surface area (Å²) < 4.78 is 23.4. The molecule has 2 aromatic carbocycles. The average Bonchev–Trinajstić information content (AvgIpc) is 3.42. The standard InChI is InChI=1S/C33H45BN2O7/c1-24(35-30(39)41-22-26-16-11-8-12-17-26)28(37)36-20-27(18-13-19-34-42-31(2,3)32(4,5)43-34)33(6,23-36)29(38)40-21-25-14-9-7-10-15-25/h7-12,14-17,24,27H,13,18-23H2,1-6H3,(H,35,39)/t24-,27-,33+/m0/s1. The Morgan fingerprint density at radius 2 is 1.44 bits per heavy atom. The van der Waals surface area contributed by atoms with Gasteiger partial charge >= 0.3 is 19.2 Å². The lowest BCUT2D eigenvalue weighted by Crippen LogP contribution is -2.47. The van der Waals surface area contributed by atoms with Crippen LogP contribution in [-0.2, 0) is 41.6 Å². The van der Waals surface area contributed by atoms with Gasteiger partial charge in [-0.25, -0.2) is 4.79 Å². The molecule has 10 heteroatoms. The Balaban J connectivity index is 1.38. The van der Waals surface area contributed by atoms with E-state index in [0.29, 0.717) is 19.3 Å². The van der Waals surface area contributed by atoms with Gasteiger partial charge in [-0.1, -0.05) is 67.1 Å². The fourth-order valence-electron chi connectivity index (χ4n) is 5.65. The zero-order valence-electron chi connectivity index (χ0n) is 26.3. The van der Waals surface area contributed by atoms with Crippen molar-refractivity contribution in [3.05, 3.63) is 71.8 Å². The number of carbonyl (C=O) groups is 3. The van der Waals surface area contributed by atoms with Gasteiger partial charge in [0.1, 0.15) is 19.3 Å². The molecule has 2 heterocycles. The van der Waals surface area contributed by atoms with E-state index in [1.54, 1.807) is 11.8 Å². The minimum atomic E-state index is -0.909. The second kappa shape index (κ2) is 13.5. The van der Waals surface area contributed by atoms with E-state index in [1.165, 1.54) is 0 Å². The third kappa shape index (κ3) is 7.97. The number of amides is 2. The maximum atomic E-state index is 13.6. The molecule has 0 radical (unpaired) electrons. The molecule has 2 aromatic rings. The molecule has 0 bridgehead atoms. The van der Waals surface area contributed by atoms with Crippen molar-refractivity contribution in [3.8, 4) is 0 Å². The van der Waals surface area contributed by atoms with Gasteiger partial charge in [0, 0.05) is 13.1 Å². The Morgan fingerprint density at radius 3 is 2.00 bits per heavy atom. The third-order valence-electron chi connectivity index (χ3n) is 9.06. The molecule has 1 N–H and O–H groups in total. The molecule has 2 saturated heterocycles. The lowest BCUT2D eigenvalue weighted by Gasteiger charge is -2.32. The molecule has 0 unspecified atom stereocenters. The van der Waals surface area contributed by atoms with Crippen LogP contribution in [0.3, 0.4) is 0 Å². The van der Waals surface area contributed by atoms with E-state index in [9.17, 15) is 14.4 Å². The Bertz CT molecular complexity index is 1240. The van der Waals surface area contributed by atoms with E-state index in [2.05, 4.69) is 5.32 Å². The molecule has 2 amide bonds. The van der Waals surface area contributed by atoms with Gasteiger partial charge < -0.3 is 29.0 Å². The molecule has 2 aliphatic rings. The van der Waals surface area contributed by atoms with Crippen molar-refractivity contribution in [3.63, 3.8) is 0 Å². The number of likely N-dealkylation sites (tertiary alicyclic amines) is 1. The van der Waals surface area contributed by atoms with Crippen molar-refractivity contribution in [2.24, 2.45) is 11.3 Å². The summed E-state index contributed by atoms with van der Waals surface area (Å²) in [5, 5.41) is 2.64. The molecular weight excluding hydrogens is 547 g/mol. The Kier molecular flexibility index (Phi) is 10.2. The van der Waals surface area contributed by atoms with Crippen LogP contribution in [0.4, 0.5) is 4.79 Å². The predicted octanol–water partition coefficient (Wildman–Crippen LogP) is 5.38. The predicted molar refractivity (Wildman–Crippen MR) is 164 cm³/mol. The van der Waals surface area contributed by atoms with Crippen LogP contribution >= 0.6 is 0 Å². The molecule has 4 rings (SSSR count). The topological polar surface area (TPSA) is 103 Å². The Hall–Kier alpha value is -3.37. The summed E-state index contributed by atoms with van der Waals surface area (Å²) >= 11 is 0. The van der Waals surface area contributed by atoms with Gasteiger partial charge in [0.05, 0.1) is 16.6 Å². The largest absolute Gasteiger partial charge is 0.460 e. The second-order valence-corrected chi connectivity index (χ2v) is 12.9. The first-order valence-corrected chi connectivity index (χ1v) is 15.1. The van der Waals surface area contributed by atoms with Gasteiger partial charge in [-0.3, -0.25) is 9.59 Å². The summed E-state index contributed by atoms with van der Waals surface area (Å²) in [4.78, 5) is 41.1. The van der Waals surface area contributed by atoms with Gasteiger partial charge in [0.25, 0.3) is 0 Å². The summed E-state index contributed by atoms with van der Waals surface area (Å²) in [6.07, 6.45) is 1.45. The number of ether oxygens (including phenoxy) is 2. The van der Waals surface area contributed by atoms with E-state index >= 15 is 0 Å². The molecule has 9 nitrogen and oxygen atoms in total.